The normalized spacial score (nSPS) is 11.3. The first-order chi connectivity index (χ1) is 16.0. The van der Waals surface area contributed by atoms with Gasteiger partial charge in [-0.2, -0.15) is 0 Å². The van der Waals surface area contributed by atoms with Crippen molar-refractivity contribution >= 4 is 34.9 Å². The zero-order chi connectivity index (χ0) is 23.6. The lowest BCUT2D eigenvalue weighted by molar-refractivity contribution is -0.148. The molecule has 33 heavy (non-hydrogen) atoms. The van der Waals surface area contributed by atoms with Crippen LogP contribution in [0.4, 0.5) is 5.69 Å². The van der Waals surface area contributed by atoms with Crippen molar-refractivity contribution < 1.29 is 23.9 Å². The number of rotatable bonds is 10. The van der Waals surface area contributed by atoms with E-state index in [-0.39, 0.29) is 24.5 Å². The number of esters is 1. The van der Waals surface area contributed by atoms with Crippen molar-refractivity contribution in [3.63, 3.8) is 0 Å². The molecule has 170 valence electrons. The molecule has 1 unspecified atom stereocenters. The molecule has 0 aliphatic rings. The van der Waals surface area contributed by atoms with E-state index in [9.17, 15) is 14.4 Å². The first-order valence-electron chi connectivity index (χ1n) is 10.6. The van der Waals surface area contributed by atoms with Gasteiger partial charge in [0.2, 0.25) is 11.7 Å². The number of hydrogen-bond acceptors (Lipinski definition) is 5. The number of benzene rings is 3. The fraction of sp³-hybridized carbons (Fsp3) is 0.192. The molecule has 1 amide bonds. The maximum Gasteiger partial charge on any atom is 0.307 e. The molecule has 0 saturated carbocycles. The highest BCUT2D eigenvalue weighted by Crippen LogP contribution is 2.29. The smallest absolute Gasteiger partial charge is 0.307 e. The second-order valence-electron chi connectivity index (χ2n) is 7.22. The molecule has 0 aliphatic carbocycles. The minimum atomic E-state index is -0.867. The Bertz CT molecular complexity index is 1100. The zero-order valence-corrected chi connectivity index (χ0v) is 18.9. The van der Waals surface area contributed by atoms with E-state index in [0.717, 1.165) is 0 Å². The first-order valence-corrected chi connectivity index (χ1v) is 10.9. The van der Waals surface area contributed by atoms with Crippen LogP contribution in [0.2, 0.25) is 5.02 Å². The number of amides is 1. The average Bonchev–Trinajstić information content (AvgIpc) is 2.84. The minimum absolute atomic E-state index is 0.0628. The molecular weight excluding hydrogens is 442 g/mol. The summed E-state index contributed by atoms with van der Waals surface area (Å²) in [7, 11) is 0. The predicted molar refractivity (Wildman–Crippen MR) is 127 cm³/mol. The van der Waals surface area contributed by atoms with Gasteiger partial charge in [-0.05, 0) is 42.8 Å². The van der Waals surface area contributed by atoms with Crippen LogP contribution < -0.4 is 10.1 Å². The van der Waals surface area contributed by atoms with Gasteiger partial charge in [-0.3, -0.25) is 14.4 Å². The predicted octanol–water partition coefficient (Wildman–Crippen LogP) is 6.06. The summed E-state index contributed by atoms with van der Waals surface area (Å²) in [5.74, 6) is -0.0853. The third kappa shape index (κ3) is 7.19. The van der Waals surface area contributed by atoms with Gasteiger partial charge in [0.05, 0.1) is 11.4 Å². The molecule has 0 radical (unpaired) electrons. The fourth-order valence-corrected chi connectivity index (χ4v) is 3.20. The van der Waals surface area contributed by atoms with Crippen molar-refractivity contribution in [2.45, 2.75) is 32.3 Å². The molecule has 0 fully saturated rings. The number of halogens is 1. The molecule has 1 atom stereocenters. The summed E-state index contributed by atoms with van der Waals surface area (Å²) < 4.78 is 11.0. The molecule has 0 heterocycles. The Kier molecular flexibility index (Phi) is 8.61. The molecule has 0 bridgehead atoms. The summed E-state index contributed by atoms with van der Waals surface area (Å²) in [6.07, 6.45) is -0.701. The van der Waals surface area contributed by atoms with E-state index in [1.807, 2.05) is 18.2 Å². The number of ketones is 1. The van der Waals surface area contributed by atoms with Crippen molar-refractivity contribution in [2.75, 3.05) is 5.32 Å². The molecule has 0 aromatic heterocycles. The fourth-order valence-electron chi connectivity index (χ4n) is 3.03. The highest BCUT2D eigenvalue weighted by atomic mass is 35.5. The standard InChI is InChI=1S/C26H24ClNO5/c1-2-22(26(31)18-8-4-3-5-9-18)33-25(30)17-16-24(29)28-19-12-14-20(15-13-19)32-23-11-7-6-10-21(23)27/h3-15,22H,2,16-17H2,1H3,(H,28,29). The average molecular weight is 466 g/mol. The van der Waals surface area contributed by atoms with Crippen molar-refractivity contribution in [1.82, 2.24) is 0 Å². The third-order valence-corrected chi connectivity index (χ3v) is 5.07. The van der Waals surface area contributed by atoms with Crippen LogP contribution >= 0.6 is 11.6 Å². The van der Waals surface area contributed by atoms with E-state index < -0.39 is 12.1 Å². The summed E-state index contributed by atoms with van der Waals surface area (Å²) >= 11 is 6.09. The summed E-state index contributed by atoms with van der Waals surface area (Å²) in [6, 6.07) is 22.6. The van der Waals surface area contributed by atoms with Gasteiger partial charge in [0.15, 0.2) is 6.10 Å². The lowest BCUT2D eigenvalue weighted by atomic mass is 10.0. The van der Waals surface area contributed by atoms with Gasteiger partial charge in [0, 0.05) is 17.7 Å². The number of anilines is 1. The molecule has 0 spiro atoms. The van der Waals surface area contributed by atoms with Gasteiger partial charge < -0.3 is 14.8 Å². The topological polar surface area (TPSA) is 81.7 Å². The number of carbonyl (C=O) groups excluding carboxylic acids is 3. The van der Waals surface area contributed by atoms with E-state index in [2.05, 4.69) is 5.32 Å². The number of ether oxygens (including phenoxy) is 2. The molecule has 0 saturated heterocycles. The number of Topliss-reactive ketones (excluding diaryl/α,β-unsaturated/α-hetero) is 1. The number of nitrogens with one attached hydrogen (secondary N) is 1. The van der Waals surface area contributed by atoms with Crippen LogP contribution in [0.1, 0.15) is 36.5 Å². The lowest BCUT2D eigenvalue weighted by Crippen LogP contribution is -2.27. The van der Waals surface area contributed by atoms with Crippen LogP contribution in [-0.2, 0) is 14.3 Å². The van der Waals surface area contributed by atoms with Crippen LogP contribution in [0.3, 0.4) is 0 Å². The van der Waals surface area contributed by atoms with Gasteiger partial charge >= 0.3 is 5.97 Å². The van der Waals surface area contributed by atoms with Crippen LogP contribution in [0.15, 0.2) is 78.9 Å². The summed E-state index contributed by atoms with van der Waals surface area (Å²) in [5, 5.41) is 3.22. The third-order valence-electron chi connectivity index (χ3n) is 4.75. The number of para-hydroxylation sites is 1. The summed E-state index contributed by atoms with van der Waals surface area (Å²) in [4.78, 5) is 36.9. The number of carbonyl (C=O) groups is 3. The Morgan fingerprint density at radius 1 is 0.879 bits per heavy atom. The van der Waals surface area contributed by atoms with E-state index >= 15 is 0 Å². The van der Waals surface area contributed by atoms with Gasteiger partial charge in [-0.1, -0.05) is 61.0 Å². The highest BCUT2D eigenvalue weighted by Gasteiger charge is 2.22. The molecule has 1 N–H and O–H groups in total. The monoisotopic (exact) mass is 465 g/mol. The van der Waals surface area contributed by atoms with E-state index in [1.165, 1.54) is 0 Å². The summed E-state index contributed by atoms with van der Waals surface area (Å²) in [5.41, 5.74) is 1.04. The Hall–Kier alpha value is -3.64. The maximum absolute atomic E-state index is 12.5. The quantitative estimate of drug-likeness (QED) is 0.291. The van der Waals surface area contributed by atoms with Crippen LogP contribution in [0.25, 0.3) is 0 Å². The van der Waals surface area contributed by atoms with Crippen molar-refractivity contribution in [2.24, 2.45) is 0 Å². The lowest BCUT2D eigenvalue weighted by Gasteiger charge is -2.15. The molecular formula is C26H24ClNO5. The van der Waals surface area contributed by atoms with E-state index in [4.69, 9.17) is 21.1 Å². The van der Waals surface area contributed by atoms with Crippen LogP contribution in [0, 0.1) is 0 Å². The number of hydrogen-bond donors (Lipinski definition) is 1. The first kappa shape index (κ1) is 24.0. The summed E-state index contributed by atoms with van der Waals surface area (Å²) in [6.45, 7) is 1.77. The SMILES string of the molecule is CCC(OC(=O)CCC(=O)Nc1ccc(Oc2ccccc2Cl)cc1)C(=O)c1ccccc1. The second-order valence-corrected chi connectivity index (χ2v) is 7.63. The Morgan fingerprint density at radius 2 is 1.55 bits per heavy atom. The largest absolute Gasteiger partial charge is 0.456 e. The molecule has 3 aromatic carbocycles. The van der Waals surface area contributed by atoms with Gasteiger partial charge in [-0.25, -0.2) is 0 Å². The van der Waals surface area contributed by atoms with Gasteiger partial charge in [0.1, 0.15) is 11.5 Å². The maximum atomic E-state index is 12.5. The van der Waals surface area contributed by atoms with Gasteiger partial charge in [-0.15, -0.1) is 0 Å². The van der Waals surface area contributed by atoms with E-state index in [0.29, 0.717) is 34.2 Å². The highest BCUT2D eigenvalue weighted by molar-refractivity contribution is 6.32. The Morgan fingerprint density at radius 3 is 2.21 bits per heavy atom. The second kappa shape index (κ2) is 11.8. The van der Waals surface area contributed by atoms with Crippen molar-refractivity contribution in [3.8, 4) is 11.5 Å². The van der Waals surface area contributed by atoms with Crippen LogP contribution in [-0.4, -0.2) is 23.8 Å². The Balaban J connectivity index is 1.46. The van der Waals surface area contributed by atoms with Crippen molar-refractivity contribution in [1.29, 1.82) is 0 Å². The minimum Gasteiger partial charge on any atom is -0.456 e. The molecule has 0 aliphatic heterocycles. The van der Waals surface area contributed by atoms with E-state index in [1.54, 1.807) is 67.6 Å². The Labute approximate surface area is 197 Å². The molecule has 6 nitrogen and oxygen atoms in total. The van der Waals surface area contributed by atoms with Gasteiger partial charge in [0.25, 0.3) is 0 Å². The molecule has 3 rings (SSSR count). The molecule has 3 aromatic rings. The van der Waals surface area contributed by atoms with Crippen molar-refractivity contribution in [3.05, 3.63) is 89.4 Å². The van der Waals surface area contributed by atoms with Crippen LogP contribution in [0.5, 0.6) is 11.5 Å². The zero-order valence-electron chi connectivity index (χ0n) is 18.1. The molecule has 7 heteroatoms.